The molecule has 9 heteroatoms. The van der Waals surface area contributed by atoms with Crippen molar-refractivity contribution in [3.05, 3.63) is 47.0 Å². The molecule has 1 aliphatic heterocycles. The Morgan fingerprint density at radius 1 is 1.15 bits per heavy atom. The minimum Gasteiger partial charge on any atom is -0.493 e. The standard InChI is InChI=1S/C18H16N2O7/c1-24-13-6-4-11(15(18(22)23)16(13)25-2)8-19-20-17(21)10-3-5-12-14(7-10)27-9-26-12/h3-8H,9H2,1-2H3,(H,20,21)(H,22,23)/b19-8-. The van der Waals surface area contributed by atoms with Gasteiger partial charge in [0, 0.05) is 11.1 Å². The molecule has 2 aromatic rings. The molecule has 0 radical (unpaired) electrons. The van der Waals surface area contributed by atoms with Crippen molar-refractivity contribution in [3.63, 3.8) is 0 Å². The van der Waals surface area contributed by atoms with Gasteiger partial charge in [-0.15, -0.1) is 0 Å². The number of aromatic carboxylic acids is 1. The SMILES string of the molecule is COc1ccc(/C=N\NC(=O)c2ccc3c(c2)OCO3)c(C(=O)O)c1OC. The van der Waals surface area contributed by atoms with Crippen LogP contribution in [0.25, 0.3) is 0 Å². The van der Waals surface area contributed by atoms with Gasteiger partial charge in [0.15, 0.2) is 23.0 Å². The summed E-state index contributed by atoms with van der Waals surface area (Å²) in [7, 11) is 2.75. The summed E-state index contributed by atoms with van der Waals surface area (Å²) in [6.45, 7) is 0.107. The van der Waals surface area contributed by atoms with E-state index in [0.717, 1.165) is 0 Å². The number of benzene rings is 2. The van der Waals surface area contributed by atoms with Crippen LogP contribution in [0.15, 0.2) is 35.4 Å². The summed E-state index contributed by atoms with van der Waals surface area (Å²) < 4.78 is 20.6. The first-order valence-corrected chi connectivity index (χ1v) is 7.76. The molecule has 0 fully saturated rings. The van der Waals surface area contributed by atoms with Crippen LogP contribution in [0.2, 0.25) is 0 Å². The van der Waals surface area contributed by atoms with Gasteiger partial charge in [-0.1, -0.05) is 0 Å². The van der Waals surface area contributed by atoms with E-state index in [9.17, 15) is 14.7 Å². The molecule has 0 saturated heterocycles. The van der Waals surface area contributed by atoms with Crippen molar-refractivity contribution >= 4 is 18.1 Å². The summed E-state index contributed by atoms with van der Waals surface area (Å²) in [6, 6.07) is 7.77. The van der Waals surface area contributed by atoms with Crippen LogP contribution in [0.1, 0.15) is 26.3 Å². The van der Waals surface area contributed by atoms with Gasteiger partial charge in [-0.05, 0) is 30.3 Å². The Bertz CT molecular complexity index is 924. The van der Waals surface area contributed by atoms with Gasteiger partial charge in [0.2, 0.25) is 6.79 Å². The van der Waals surface area contributed by atoms with E-state index in [2.05, 4.69) is 10.5 Å². The van der Waals surface area contributed by atoms with E-state index < -0.39 is 11.9 Å². The first-order chi connectivity index (χ1) is 13.0. The van der Waals surface area contributed by atoms with Gasteiger partial charge in [-0.2, -0.15) is 5.10 Å². The highest BCUT2D eigenvalue weighted by atomic mass is 16.7. The number of hydrazone groups is 1. The number of rotatable bonds is 6. The number of carbonyl (C=O) groups is 2. The van der Waals surface area contributed by atoms with Gasteiger partial charge in [-0.25, -0.2) is 10.2 Å². The molecule has 0 aliphatic carbocycles. The summed E-state index contributed by atoms with van der Waals surface area (Å²) in [5, 5.41) is 13.3. The van der Waals surface area contributed by atoms with Gasteiger partial charge >= 0.3 is 5.97 Å². The number of ether oxygens (including phenoxy) is 4. The molecular weight excluding hydrogens is 356 g/mol. The molecule has 2 N–H and O–H groups in total. The average molecular weight is 372 g/mol. The molecule has 0 unspecified atom stereocenters. The van der Waals surface area contributed by atoms with Crippen LogP contribution >= 0.6 is 0 Å². The predicted molar refractivity (Wildman–Crippen MR) is 94.1 cm³/mol. The minimum atomic E-state index is -1.21. The first kappa shape index (κ1) is 18.1. The molecule has 1 aliphatic rings. The minimum absolute atomic E-state index is 0.0658. The van der Waals surface area contributed by atoms with E-state index in [1.165, 1.54) is 32.6 Å². The molecule has 0 aromatic heterocycles. The number of amides is 1. The largest absolute Gasteiger partial charge is 0.493 e. The molecule has 3 rings (SSSR count). The number of carboxylic acid groups (broad SMARTS) is 1. The smallest absolute Gasteiger partial charge is 0.340 e. The highest BCUT2D eigenvalue weighted by Gasteiger charge is 2.20. The molecule has 2 aromatic carbocycles. The molecule has 0 spiro atoms. The monoisotopic (exact) mass is 372 g/mol. The lowest BCUT2D eigenvalue weighted by atomic mass is 10.1. The van der Waals surface area contributed by atoms with E-state index in [0.29, 0.717) is 17.1 Å². The van der Waals surface area contributed by atoms with Crippen LogP contribution in [0.3, 0.4) is 0 Å². The zero-order valence-electron chi connectivity index (χ0n) is 14.5. The molecule has 9 nitrogen and oxygen atoms in total. The average Bonchev–Trinajstić information content (AvgIpc) is 3.14. The molecule has 1 amide bonds. The fourth-order valence-electron chi connectivity index (χ4n) is 2.53. The molecule has 0 saturated carbocycles. The second-order valence-electron chi connectivity index (χ2n) is 5.34. The van der Waals surface area contributed by atoms with Gasteiger partial charge in [-0.3, -0.25) is 4.79 Å². The van der Waals surface area contributed by atoms with Crippen LogP contribution < -0.4 is 24.4 Å². The third kappa shape index (κ3) is 3.61. The zero-order chi connectivity index (χ0) is 19.4. The first-order valence-electron chi connectivity index (χ1n) is 7.76. The molecule has 27 heavy (non-hydrogen) atoms. The Hall–Kier alpha value is -3.75. The third-order valence-electron chi connectivity index (χ3n) is 3.80. The number of nitrogens with zero attached hydrogens (tertiary/aromatic N) is 1. The molecule has 0 bridgehead atoms. The van der Waals surface area contributed by atoms with E-state index in [1.54, 1.807) is 18.2 Å². The Labute approximate surface area is 154 Å². The lowest BCUT2D eigenvalue weighted by molar-refractivity contribution is 0.0692. The van der Waals surface area contributed by atoms with Crippen LogP contribution in [-0.4, -0.2) is 44.2 Å². The summed E-state index contributed by atoms with van der Waals surface area (Å²) in [5.41, 5.74) is 2.78. The van der Waals surface area contributed by atoms with E-state index >= 15 is 0 Å². The quantitative estimate of drug-likeness (QED) is 0.588. The normalized spacial score (nSPS) is 12.1. The van der Waals surface area contributed by atoms with Gasteiger partial charge in [0.25, 0.3) is 5.91 Å². The summed E-state index contributed by atoms with van der Waals surface area (Å²) in [4.78, 5) is 23.8. The highest BCUT2D eigenvalue weighted by Crippen LogP contribution is 2.33. The Morgan fingerprint density at radius 2 is 1.93 bits per heavy atom. The van der Waals surface area contributed by atoms with Crippen molar-refractivity contribution in [2.75, 3.05) is 21.0 Å². The maximum Gasteiger partial charge on any atom is 0.340 e. The van der Waals surface area contributed by atoms with Crippen molar-refractivity contribution in [1.82, 2.24) is 5.43 Å². The molecular formula is C18H16N2O7. The van der Waals surface area contributed by atoms with Gasteiger partial charge < -0.3 is 24.1 Å². The molecule has 140 valence electrons. The number of nitrogens with one attached hydrogen (secondary N) is 1. The van der Waals surface area contributed by atoms with E-state index in [1.807, 2.05) is 0 Å². The number of fused-ring (bicyclic) bond motifs is 1. The molecule has 1 heterocycles. The zero-order valence-corrected chi connectivity index (χ0v) is 14.5. The maximum absolute atomic E-state index is 12.2. The number of methoxy groups -OCH3 is 2. The highest BCUT2D eigenvalue weighted by molar-refractivity contribution is 6.02. The van der Waals surface area contributed by atoms with Gasteiger partial charge in [0.1, 0.15) is 5.56 Å². The van der Waals surface area contributed by atoms with Gasteiger partial charge in [0.05, 0.1) is 20.4 Å². The fraction of sp³-hybridized carbons (Fsp3) is 0.167. The van der Waals surface area contributed by atoms with Crippen LogP contribution in [0.4, 0.5) is 0 Å². The Kier molecular flexibility index (Phi) is 5.11. The van der Waals surface area contributed by atoms with Crippen molar-refractivity contribution in [1.29, 1.82) is 0 Å². The molecule has 0 atom stereocenters. The lowest BCUT2D eigenvalue weighted by Crippen LogP contribution is -2.18. The van der Waals surface area contributed by atoms with E-state index in [4.69, 9.17) is 18.9 Å². The number of hydrogen-bond donors (Lipinski definition) is 2. The van der Waals surface area contributed by atoms with Crippen molar-refractivity contribution < 1.29 is 33.6 Å². The Morgan fingerprint density at radius 3 is 2.63 bits per heavy atom. The van der Waals surface area contributed by atoms with Crippen molar-refractivity contribution in [3.8, 4) is 23.0 Å². The number of carboxylic acids is 1. The van der Waals surface area contributed by atoms with Crippen LogP contribution in [-0.2, 0) is 0 Å². The second kappa shape index (κ2) is 7.65. The van der Waals surface area contributed by atoms with Crippen molar-refractivity contribution in [2.45, 2.75) is 0 Å². The van der Waals surface area contributed by atoms with Crippen LogP contribution in [0.5, 0.6) is 23.0 Å². The fourth-order valence-corrected chi connectivity index (χ4v) is 2.53. The summed E-state index contributed by atoms with van der Waals surface area (Å²) in [6.07, 6.45) is 1.22. The van der Waals surface area contributed by atoms with Crippen LogP contribution in [0, 0.1) is 0 Å². The van der Waals surface area contributed by atoms with E-state index in [-0.39, 0.29) is 29.4 Å². The summed E-state index contributed by atoms with van der Waals surface area (Å²) in [5.74, 6) is -0.324. The Balaban J connectivity index is 1.80. The number of hydrogen-bond acceptors (Lipinski definition) is 7. The van der Waals surface area contributed by atoms with Crippen molar-refractivity contribution in [2.24, 2.45) is 5.10 Å². The second-order valence-corrected chi connectivity index (χ2v) is 5.34. The predicted octanol–water partition coefficient (Wildman–Crippen LogP) is 1.89. The third-order valence-corrected chi connectivity index (χ3v) is 3.80. The number of carbonyl (C=O) groups excluding carboxylic acids is 1. The lowest BCUT2D eigenvalue weighted by Gasteiger charge is -2.12. The summed E-state index contributed by atoms with van der Waals surface area (Å²) >= 11 is 0. The maximum atomic E-state index is 12.2. The topological polar surface area (TPSA) is 116 Å².